The maximum absolute atomic E-state index is 13.0. The van der Waals surface area contributed by atoms with Crippen molar-refractivity contribution in [3.8, 4) is 6.07 Å². The fourth-order valence-corrected chi connectivity index (χ4v) is 5.14. The van der Waals surface area contributed by atoms with E-state index in [9.17, 15) is 13.2 Å². The van der Waals surface area contributed by atoms with Gasteiger partial charge in [-0.05, 0) is 24.1 Å². The highest BCUT2D eigenvalue weighted by Gasteiger charge is 2.43. The summed E-state index contributed by atoms with van der Waals surface area (Å²) in [5.74, 6) is -0.307. The molecule has 0 saturated carbocycles. The highest BCUT2D eigenvalue weighted by Crippen LogP contribution is 2.29. The molecule has 1 aliphatic rings. The number of likely N-dealkylation sites (tertiary alicyclic amines) is 1. The Balaban J connectivity index is 1.84. The van der Waals surface area contributed by atoms with Crippen molar-refractivity contribution in [3.05, 3.63) is 66.2 Å². The molecule has 1 amide bonds. The van der Waals surface area contributed by atoms with Gasteiger partial charge in [-0.3, -0.25) is 9.69 Å². The van der Waals surface area contributed by atoms with Gasteiger partial charge in [0.15, 0.2) is 9.84 Å². The molecule has 0 aliphatic carbocycles. The molecule has 1 heterocycles. The van der Waals surface area contributed by atoms with Gasteiger partial charge in [0.25, 0.3) is 0 Å². The average molecular weight is 383 g/mol. The predicted octanol–water partition coefficient (Wildman–Crippen LogP) is 1.74. The Hall–Kier alpha value is -2.69. The van der Waals surface area contributed by atoms with E-state index in [-0.39, 0.29) is 30.3 Å². The molecule has 0 aromatic heterocycles. The van der Waals surface area contributed by atoms with Gasteiger partial charge >= 0.3 is 0 Å². The van der Waals surface area contributed by atoms with Gasteiger partial charge in [-0.15, -0.1) is 0 Å². The lowest BCUT2D eigenvalue weighted by Crippen LogP contribution is -2.42. The number of carbonyl (C=O) groups excluding carboxylic acids is 1. The predicted molar refractivity (Wildman–Crippen MR) is 101 cm³/mol. The summed E-state index contributed by atoms with van der Waals surface area (Å²) in [5, 5.41) is 10.6. The highest BCUT2D eigenvalue weighted by molar-refractivity contribution is 7.92. The largest absolute Gasteiger partial charge is 0.342 e. The number of carbonyl (C=O) groups is 1. The van der Waals surface area contributed by atoms with Gasteiger partial charge in [-0.1, -0.05) is 48.5 Å². The molecule has 2 atom stereocenters. The Morgan fingerprint density at radius 3 is 2.37 bits per heavy atom. The lowest BCUT2D eigenvalue weighted by molar-refractivity contribution is -0.125. The van der Waals surface area contributed by atoms with Gasteiger partial charge < -0.3 is 5.32 Å². The number of hydrogen-bond acceptors (Lipinski definition) is 5. The molecule has 0 bridgehead atoms. The minimum Gasteiger partial charge on any atom is -0.342 e. The van der Waals surface area contributed by atoms with Crippen molar-refractivity contribution in [2.45, 2.75) is 29.2 Å². The summed E-state index contributed by atoms with van der Waals surface area (Å²) in [7, 11) is -3.54. The third kappa shape index (κ3) is 4.35. The molecule has 6 nitrogen and oxygen atoms in total. The quantitative estimate of drug-likeness (QED) is 0.768. The van der Waals surface area contributed by atoms with E-state index in [1.54, 1.807) is 30.3 Å². The molecule has 1 N–H and O–H groups in total. The zero-order chi connectivity index (χ0) is 19.3. The minimum atomic E-state index is -3.54. The average Bonchev–Trinajstić information content (AvgIpc) is 3.12. The standard InChI is InChI=1S/C20H21N3O3S/c21-11-12-22-20(24)19-13-18(27(25,26)17-9-5-2-6-10-17)15-23(19)14-16-7-3-1-4-8-16/h1-10,18-19H,12-15H2,(H,22,24). The first-order chi connectivity index (χ1) is 13.0. The lowest BCUT2D eigenvalue weighted by atomic mass is 10.1. The third-order valence-corrected chi connectivity index (χ3v) is 6.90. The summed E-state index contributed by atoms with van der Waals surface area (Å²) in [6.07, 6.45) is 0.210. The van der Waals surface area contributed by atoms with Gasteiger partial charge in [-0.25, -0.2) is 8.42 Å². The van der Waals surface area contributed by atoms with Gasteiger partial charge in [-0.2, -0.15) is 5.26 Å². The van der Waals surface area contributed by atoms with E-state index in [1.165, 1.54) is 0 Å². The number of hydrogen-bond donors (Lipinski definition) is 1. The van der Waals surface area contributed by atoms with Crippen molar-refractivity contribution in [3.63, 3.8) is 0 Å². The van der Waals surface area contributed by atoms with Crippen molar-refractivity contribution in [1.82, 2.24) is 10.2 Å². The Kier molecular flexibility index (Phi) is 5.89. The molecule has 27 heavy (non-hydrogen) atoms. The molecule has 0 radical (unpaired) electrons. The number of nitrogens with one attached hydrogen (secondary N) is 1. The zero-order valence-electron chi connectivity index (χ0n) is 14.8. The molecule has 2 aromatic carbocycles. The van der Waals surface area contributed by atoms with Crippen LogP contribution in [0.2, 0.25) is 0 Å². The van der Waals surface area contributed by atoms with Gasteiger partial charge in [0.05, 0.1) is 22.3 Å². The van der Waals surface area contributed by atoms with E-state index in [2.05, 4.69) is 5.32 Å². The van der Waals surface area contributed by atoms with E-state index < -0.39 is 21.1 Å². The second-order valence-electron chi connectivity index (χ2n) is 6.52. The van der Waals surface area contributed by atoms with Crippen molar-refractivity contribution < 1.29 is 13.2 Å². The first kappa shape index (κ1) is 19.1. The monoisotopic (exact) mass is 383 g/mol. The van der Waals surface area contributed by atoms with Crippen molar-refractivity contribution in [2.75, 3.05) is 13.1 Å². The van der Waals surface area contributed by atoms with Crippen LogP contribution in [0.4, 0.5) is 0 Å². The molecular formula is C20H21N3O3S. The van der Waals surface area contributed by atoms with Crippen LogP contribution >= 0.6 is 0 Å². The van der Waals surface area contributed by atoms with Gasteiger partial charge in [0.1, 0.15) is 6.54 Å². The number of nitriles is 1. The van der Waals surface area contributed by atoms with Crippen molar-refractivity contribution in [2.24, 2.45) is 0 Å². The summed E-state index contributed by atoms with van der Waals surface area (Å²) >= 11 is 0. The smallest absolute Gasteiger partial charge is 0.238 e. The summed E-state index contributed by atoms with van der Waals surface area (Å²) in [6.45, 7) is 0.660. The van der Waals surface area contributed by atoms with Crippen LogP contribution in [0.15, 0.2) is 65.6 Å². The van der Waals surface area contributed by atoms with Crippen LogP contribution in [0.1, 0.15) is 12.0 Å². The normalized spacial score (nSPS) is 20.1. The maximum Gasteiger partial charge on any atom is 0.238 e. The van der Waals surface area contributed by atoms with Crippen LogP contribution in [0, 0.1) is 11.3 Å². The topological polar surface area (TPSA) is 90.3 Å². The van der Waals surface area contributed by atoms with Crippen LogP contribution in [-0.2, 0) is 21.2 Å². The molecule has 2 unspecified atom stereocenters. The molecular weight excluding hydrogens is 362 g/mol. The Bertz CT molecular complexity index is 924. The van der Waals surface area contributed by atoms with E-state index in [0.29, 0.717) is 6.54 Å². The van der Waals surface area contributed by atoms with Crippen LogP contribution in [0.3, 0.4) is 0 Å². The molecule has 2 aromatic rings. The second-order valence-corrected chi connectivity index (χ2v) is 8.75. The Morgan fingerprint density at radius 1 is 1.11 bits per heavy atom. The number of sulfone groups is 1. The summed E-state index contributed by atoms with van der Waals surface area (Å²) in [6, 6.07) is 19.3. The fraction of sp³-hybridized carbons (Fsp3) is 0.300. The maximum atomic E-state index is 13.0. The molecule has 3 rings (SSSR count). The zero-order valence-corrected chi connectivity index (χ0v) is 15.6. The molecule has 1 saturated heterocycles. The van der Waals surface area contributed by atoms with Gasteiger partial charge in [0.2, 0.25) is 5.91 Å². The van der Waals surface area contributed by atoms with Crippen molar-refractivity contribution >= 4 is 15.7 Å². The number of rotatable bonds is 6. The lowest BCUT2D eigenvalue weighted by Gasteiger charge is -2.23. The Morgan fingerprint density at radius 2 is 1.74 bits per heavy atom. The van der Waals surface area contributed by atoms with Crippen LogP contribution in [0.5, 0.6) is 0 Å². The number of amides is 1. The number of nitrogens with zero attached hydrogens (tertiary/aromatic N) is 2. The molecule has 0 spiro atoms. The van der Waals surface area contributed by atoms with Crippen LogP contribution in [-0.4, -0.2) is 43.6 Å². The van der Waals surface area contributed by atoms with Crippen molar-refractivity contribution in [1.29, 1.82) is 5.26 Å². The van der Waals surface area contributed by atoms with E-state index in [1.807, 2.05) is 41.3 Å². The summed E-state index contributed by atoms with van der Waals surface area (Å²) in [4.78, 5) is 14.7. The van der Waals surface area contributed by atoms with Crippen LogP contribution in [0.25, 0.3) is 0 Å². The van der Waals surface area contributed by atoms with Crippen LogP contribution < -0.4 is 5.32 Å². The first-order valence-electron chi connectivity index (χ1n) is 8.74. The van der Waals surface area contributed by atoms with Gasteiger partial charge in [0, 0.05) is 13.1 Å². The highest BCUT2D eigenvalue weighted by atomic mass is 32.2. The molecule has 1 fully saturated rings. The first-order valence-corrected chi connectivity index (χ1v) is 10.3. The Labute approximate surface area is 159 Å². The third-order valence-electron chi connectivity index (χ3n) is 4.75. The molecule has 1 aliphatic heterocycles. The second kappa shape index (κ2) is 8.33. The number of benzene rings is 2. The van der Waals surface area contributed by atoms with E-state index in [0.717, 1.165) is 5.56 Å². The van der Waals surface area contributed by atoms with E-state index >= 15 is 0 Å². The van der Waals surface area contributed by atoms with E-state index in [4.69, 9.17) is 5.26 Å². The fourth-order valence-electron chi connectivity index (χ4n) is 3.40. The summed E-state index contributed by atoms with van der Waals surface area (Å²) < 4.78 is 26.0. The molecule has 7 heteroatoms. The molecule has 140 valence electrons. The minimum absolute atomic E-state index is 0.0926. The summed E-state index contributed by atoms with van der Waals surface area (Å²) in [5.41, 5.74) is 1.01. The SMILES string of the molecule is N#CCNC(=O)C1CC(S(=O)(=O)c2ccccc2)CN1Cc1ccccc1.